The van der Waals surface area contributed by atoms with E-state index >= 15 is 0 Å². The van der Waals surface area contributed by atoms with Crippen LogP contribution in [0.4, 0.5) is 0 Å². The fourth-order valence-corrected chi connectivity index (χ4v) is 2.12. The summed E-state index contributed by atoms with van der Waals surface area (Å²) in [5, 5.41) is 8.71. The third-order valence-electron chi connectivity index (χ3n) is 2.31. The molecule has 1 aliphatic rings. The molecule has 0 bridgehead atoms. The van der Waals surface area contributed by atoms with E-state index in [0.29, 0.717) is 13.2 Å². The van der Waals surface area contributed by atoms with Crippen molar-refractivity contribution in [1.29, 1.82) is 0 Å². The first-order chi connectivity index (χ1) is 6.68. The fraction of sp³-hybridized carbons (Fsp3) is 0.300. The van der Waals surface area contributed by atoms with Crippen molar-refractivity contribution < 1.29 is 14.6 Å². The number of ether oxygens (including phenoxy) is 1. The van der Waals surface area contributed by atoms with Crippen LogP contribution < -0.4 is 0 Å². The van der Waals surface area contributed by atoms with Crippen molar-refractivity contribution >= 4 is 21.9 Å². The number of carboxylic acid groups (broad SMARTS) is 1. The van der Waals surface area contributed by atoms with Gasteiger partial charge < -0.3 is 9.84 Å². The van der Waals surface area contributed by atoms with Crippen LogP contribution in [0.15, 0.2) is 16.6 Å². The fourth-order valence-electron chi connectivity index (χ4n) is 1.63. The normalized spacial score (nSPS) is 14.1. The van der Waals surface area contributed by atoms with Gasteiger partial charge >= 0.3 is 5.97 Å². The molecule has 0 amide bonds. The van der Waals surface area contributed by atoms with E-state index in [0.717, 1.165) is 21.2 Å². The van der Waals surface area contributed by atoms with Crippen molar-refractivity contribution in [3.05, 3.63) is 33.3 Å². The second kappa shape index (κ2) is 3.71. The Bertz CT molecular complexity index is 387. The number of halogens is 1. The molecule has 1 heterocycles. The quantitative estimate of drug-likeness (QED) is 0.882. The molecule has 1 aromatic carbocycles. The Labute approximate surface area is 89.8 Å². The molecule has 1 aliphatic heterocycles. The van der Waals surface area contributed by atoms with Crippen LogP contribution in [0, 0.1) is 0 Å². The average Bonchev–Trinajstić information content (AvgIpc) is 2.58. The highest BCUT2D eigenvalue weighted by Gasteiger charge is 2.19. The van der Waals surface area contributed by atoms with Gasteiger partial charge in [-0.3, -0.25) is 4.79 Å². The van der Waals surface area contributed by atoms with Gasteiger partial charge in [0.05, 0.1) is 19.6 Å². The summed E-state index contributed by atoms with van der Waals surface area (Å²) in [6.45, 7) is 1.10. The molecule has 0 aliphatic carbocycles. The second-order valence-electron chi connectivity index (χ2n) is 3.23. The topological polar surface area (TPSA) is 46.5 Å². The number of hydrogen-bond donors (Lipinski definition) is 1. The summed E-state index contributed by atoms with van der Waals surface area (Å²) in [5.41, 5.74) is 2.97. The van der Waals surface area contributed by atoms with Crippen LogP contribution in [-0.4, -0.2) is 11.1 Å². The van der Waals surface area contributed by atoms with E-state index in [4.69, 9.17) is 9.84 Å². The van der Waals surface area contributed by atoms with E-state index < -0.39 is 5.97 Å². The molecule has 4 heteroatoms. The summed E-state index contributed by atoms with van der Waals surface area (Å²) in [7, 11) is 0. The van der Waals surface area contributed by atoms with Gasteiger partial charge in [-0.25, -0.2) is 0 Å². The van der Waals surface area contributed by atoms with Crippen molar-refractivity contribution in [1.82, 2.24) is 0 Å². The lowest BCUT2D eigenvalue weighted by Crippen LogP contribution is -2.03. The predicted octanol–water partition coefficient (Wildman–Crippen LogP) is 2.11. The van der Waals surface area contributed by atoms with Gasteiger partial charge in [-0.05, 0) is 22.8 Å². The lowest BCUT2D eigenvalue weighted by Gasteiger charge is -2.05. The van der Waals surface area contributed by atoms with Crippen LogP contribution in [0.25, 0.3) is 0 Å². The first-order valence-corrected chi connectivity index (χ1v) is 5.06. The van der Waals surface area contributed by atoms with Crippen LogP contribution in [0.2, 0.25) is 0 Å². The van der Waals surface area contributed by atoms with Gasteiger partial charge in [-0.15, -0.1) is 0 Å². The third kappa shape index (κ3) is 1.67. The average molecular weight is 257 g/mol. The van der Waals surface area contributed by atoms with Gasteiger partial charge in [0.2, 0.25) is 0 Å². The molecule has 2 rings (SSSR count). The number of aliphatic carboxylic acids is 1. The SMILES string of the molecule is O=C(O)Cc1ccc(Br)c2c1COC2. The Morgan fingerprint density at radius 3 is 2.86 bits per heavy atom. The minimum atomic E-state index is -0.804. The first kappa shape index (κ1) is 9.68. The Morgan fingerprint density at radius 1 is 1.43 bits per heavy atom. The van der Waals surface area contributed by atoms with Crippen molar-refractivity contribution in [2.75, 3.05) is 0 Å². The highest BCUT2D eigenvalue weighted by molar-refractivity contribution is 9.10. The van der Waals surface area contributed by atoms with Crippen LogP contribution in [0.1, 0.15) is 16.7 Å². The zero-order valence-corrected chi connectivity index (χ0v) is 9.00. The first-order valence-electron chi connectivity index (χ1n) is 4.27. The largest absolute Gasteiger partial charge is 0.481 e. The molecule has 0 atom stereocenters. The maximum atomic E-state index is 10.6. The second-order valence-corrected chi connectivity index (χ2v) is 4.08. The van der Waals surface area contributed by atoms with Crippen molar-refractivity contribution in [2.45, 2.75) is 19.6 Å². The Morgan fingerprint density at radius 2 is 2.14 bits per heavy atom. The molecule has 1 N–H and O–H groups in total. The van der Waals surface area contributed by atoms with Gasteiger partial charge in [-0.2, -0.15) is 0 Å². The molecule has 3 nitrogen and oxygen atoms in total. The molecule has 0 fully saturated rings. The van der Waals surface area contributed by atoms with Gasteiger partial charge in [0.1, 0.15) is 0 Å². The monoisotopic (exact) mass is 256 g/mol. The lowest BCUT2D eigenvalue weighted by atomic mass is 10.0. The van der Waals surface area contributed by atoms with Crippen LogP contribution >= 0.6 is 15.9 Å². The number of carbonyl (C=O) groups is 1. The molecule has 0 saturated carbocycles. The Kier molecular flexibility index (Phi) is 2.56. The standard InChI is InChI=1S/C10H9BrO3/c11-9-2-1-6(3-10(12)13)7-4-14-5-8(7)9/h1-2H,3-5H2,(H,12,13). The molecule has 14 heavy (non-hydrogen) atoms. The van der Waals surface area contributed by atoms with Crippen LogP contribution in [0.5, 0.6) is 0 Å². The number of benzene rings is 1. The smallest absolute Gasteiger partial charge is 0.307 e. The van der Waals surface area contributed by atoms with Crippen molar-refractivity contribution in [3.63, 3.8) is 0 Å². The summed E-state index contributed by atoms with van der Waals surface area (Å²) >= 11 is 3.42. The van der Waals surface area contributed by atoms with E-state index in [9.17, 15) is 4.79 Å². The number of fused-ring (bicyclic) bond motifs is 1. The summed E-state index contributed by atoms with van der Waals surface area (Å²) < 4.78 is 6.29. The molecular weight excluding hydrogens is 248 g/mol. The molecule has 0 spiro atoms. The number of hydrogen-bond acceptors (Lipinski definition) is 2. The van der Waals surface area contributed by atoms with Gasteiger partial charge in [0.15, 0.2) is 0 Å². The Hall–Kier alpha value is -0.870. The van der Waals surface area contributed by atoms with Crippen molar-refractivity contribution in [2.24, 2.45) is 0 Å². The molecule has 0 aromatic heterocycles. The highest BCUT2D eigenvalue weighted by Crippen LogP contribution is 2.30. The molecular formula is C10H9BrO3. The minimum absolute atomic E-state index is 0.0684. The maximum Gasteiger partial charge on any atom is 0.307 e. The summed E-state index contributed by atoms with van der Waals surface area (Å²) in [4.78, 5) is 10.6. The van der Waals surface area contributed by atoms with Gasteiger partial charge in [0, 0.05) is 4.47 Å². The highest BCUT2D eigenvalue weighted by atomic mass is 79.9. The van der Waals surface area contributed by atoms with E-state index in [1.807, 2.05) is 12.1 Å². The summed E-state index contributed by atoms with van der Waals surface area (Å²) in [6.07, 6.45) is 0.0684. The maximum absolute atomic E-state index is 10.6. The van der Waals surface area contributed by atoms with Gasteiger partial charge in [-0.1, -0.05) is 22.0 Å². The third-order valence-corrected chi connectivity index (χ3v) is 3.05. The zero-order chi connectivity index (χ0) is 10.1. The van der Waals surface area contributed by atoms with E-state index in [1.165, 1.54) is 0 Å². The molecule has 0 radical (unpaired) electrons. The molecule has 0 saturated heterocycles. The van der Waals surface area contributed by atoms with E-state index in [-0.39, 0.29) is 6.42 Å². The Balaban J connectivity index is 2.43. The summed E-state index contributed by atoms with van der Waals surface area (Å²) in [6, 6.07) is 3.72. The number of carboxylic acids is 1. The molecule has 1 aromatic rings. The molecule has 0 unspecified atom stereocenters. The van der Waals surface area contributed by atoms with Gasteiger partial charge in [0.25, 0.3) is 0 Å². The number of rotatable bonds is 2. The van der Waals surface area contributed by atoms with Crippen molar-refractivity contribution in [3.8, 4) is 0 Å². The van der Waals surface area contributed by atoms with Crippen LogP contribution in [-0.2, 0) is 29.2 Å². The summed E-state index contributed by atoms with van der Waals surface area (Å²) in [5.74, 6) is -0.804. The van der Waals surface area contributed by atoms with E-state index in [1.54, 1.807) is 0 Å². The van der Waals surface area contributed by atoms with Crippen LogP contribution in [0.3, 0.4) is 0 Å². The predicted molar refractivity (Wildman–Crippen MR) is 54.0 cm³/mol. The zero-order valence-electron chi connectivity index (χ0n) is 7.42. The van der Waals surface area contributed by atoms with E-state index in [2.05, 4.69) is 15.9 Å². The minimum Gasteiger partial charge on any atom is -0.481 e. The lowest BCUT2D eigenvalue weighted by molar-refractivity contribution is -0.136. The molecule has 74 valence electrons.